The zero-order valence-corrected chi connectivity index (χ0v) is 10.6. The average Bonchev–Trinajstić information content (AvgIpc) is 2.77. The minimum absolute atomic E-state index is 0.0851. The van der Waals surface area contributed by atoms with Crippen molar-refractivity contribution in [1.29, 1.82) is 0 Å². The Morgan fingerprint density at radius 2 is 2.29 bits per heavy atom. The molecule has 0 aromatic heterocycles. The maximum Gasteiger partial charge on any atom is 0.305 e. The standard InChI is InChI=1S/C13H23NO3/c1-2-10-3-4-11(7-10)14-5-6-17-9-12(14)8-13(15)16/h10-12H,2-9H2,1H3,(H,15,16). The van der Waals surface area contributed by atoms with Gasteiger partial charge >= 0.3 is 5.97 Å². The predicted molar refractivity (Wildman–Crippen MR) is 65.0 cm³/mol. The maximum absolute atomic E-state index is 10.9. The number of nitrogens with zero attached hydrogens (tertiary/aromatic N) is 1. The smallest absolute Gasteiger partial charge is 0.305 e. The van der Waals surface area contributed by atoms with Crippen molar-refractivity contribution in [2.45, 2.75) is 51.1 Å². The van der Waals surface area contributed by atoms with E-state index in [4.69, 9.17) is 9.84 Å². The molecule has 0 aromatic carbocycles. The molecule has 1 heterocycles. The summed E-state index contributed by atoms with van der Waals surface area (Å²) in [6.07, 6.45) is 5.25. The lowest BCUT2D eigenvalue weighted by Crippen LogP contribution is -2.50. The summed E-state index contributed by atoms with van der Waals surface area (Å²) in [5, 5.41) is 8.94. The number of rotatable bonds is 4. The summed E-state index contributed by atoms with van der Waals surface area (Å²) in [7, 11) is 0. The van der Waals surface area contributed by atoms with Crippen LogP contribution in [0.2, 0.25) is 0 Å². The van der Waals surface area contributed by atoms with Gasteiger partial charge in [0.15, 0.2) is 0 Å². The third-order valence-electron chi connectivity index (χ3n) is 4.24. The van der Waals surface area contributed by atoms with Gasteiger partial charge < -0.3 is 9.84 Å². The van der Waals surface area contributed by atoms with Crippen molar-refractivity contribution in [1.82, 2.24) is 4.90 Å². The predicted octanol–water partition coefficient (Wildman–Crippen LogP) is 1.74. The number of morpholine rings is 1. The van der Waals surface area contributed by atoms with Crippen LogP contribution in [0.25, 0.3) is 0 Å². The molecule has 17 heavy (non-hydrogen) atoms. The molecular weight excluding hydrogens is 218 g/mol. The van der Waals surface area contributed by atoms with Crippen LogP contribution in [0, 0.1) is 5.92 Å². The molecule has 1 N–H and O–H groups in total. The van der Waals surface area contributed by atoms with Crippen LogP contribution < -0.4 is 0 Å². The summed E-state index contributed by atoms with van der Waals surface area (Å²) < 4.78 is 5.42. The van der Waals surface area contributed by atoms with Gasteiger partial charge in [-0.2, -0.15) is 0 Å². The van der Waals surface area contributed by atoms with E-state index in [0.717, 1.165) is 19.1 Å². The van der Waals surface area contributed by atoms with Gasteiger partial charge in [0, 0.05) is 18.6 Å². The third-order valence-corrected chi connectivity index (χ3v) is 4.24. The summed E-state index contributed by atoms with van der Waals surface area (Å²) in [6.45, 7) is 4.49. The molecule has 4 nitrogen and oxygen atoms in total. The van der Waals surface area contributed by atoms with Gasteiger partial charge in [-0.05, 0) is 25.2 Å². The molecule has 0 radical (unpaired) electrons. The van der Waals surface area contributed by atoms with Crippen molar-refractivity contribution in [2.75, 3.05) is 19.8 Å². The number of carbonyl (C=O) groups is 1. The van der Waals surface area contributed by atoms with Crippen molar-refractivity contribution in [3.63, 3.8) is 0 Å². The highest BCUT2D eigenvalue weighted by atomic mass is 16.5. The van der Waals surface area contributed by atoms with Crippen LogP contribution in [0.3, 0.4) is 0 Å². The van der Waals surface area contributed by atoms with Crippen LogP contribution >= 0.6 is 0 Å². The summed E-state index contributed by atoms with van der Waals surface area (Å²) in [4.78, 5) is 13.3. The van der Waals surface area contributed by atoms with E-state index in [9.17, 15) is 4.79 Å². The molecule has 1 aliphatic heterocycles. The molecule has 2 rings (SSSR count). The van der Waals surface area contributed by atoms with Crippen LogP contribution in [-0.4, -0.2) is 47.8 Å². The van der Waals surface area contributed by atoms with E-state index in [1.54, 1.807) is 0 Å². The quantitative estimate of drug-likeness (QED) is 0.814. The first kappa shape index (κ1) is 12.8. The van der Waals surface area contributed by atoms with E-state index in [0.29, 0.717) is 12.6 Å². The second-order valence-corrected chi connectivity index (χ2v) is 5.31. The number of carboxylic acid groups (broad SMARTS) is 1. The lowest BCUT2D eigenvalue weighted by molar-refractivity contribution is -0.140. The van der Waals surface area contributed by atoms with Crippen LogP contribution in [0.1, 0.15) is 39.0 Å². The zero-order chi connectivity index (χ0) is 12.3. The van der Waals surface area contributed by atoms with Crippen molar-refractivity contribution in [3.05, 3.63) is 0 Å². The Hall–Kier alpha value is -0.610. The summed E-state index contributed by atoms with van der Waals surface area (Å²) in [5.41, 5.74) is 0. The van der Waals surface area contributed by atoms with Gasteiger partial charge in [0.1, 0.15) is 0 Å². The van der Waals surface area contributed by atoms with Gasteiger partial charge in [-0.25, -0.2) is 0 Å². The fourth-order valence-corrected chi connectivity index (χ4v) is 3.25. The SMILES string of the molecule is CCC1CCC(N2CCOCC2CC(=O)O)C1. The Bertz CT molecular complexity index is 269. The molecule has 2 fully saturated rings. The summed E-state index contributed by atoms with van der Waals surface area (Å²) >= 11 is 0. The first-order valence-electron chi connectivity index (χ1n) is 6.76. The monoisotopic (exact) mass is 241 g/mol. The minimum Gasteiger partial charge on any atom is -0.481 e. The van der Waals surface area contributed by atoms with Gasteiger partial charge in [-0.1, -0.05) is 13.3 Å². The normalized spacial score (nSPS) is 35.0. The molecule has 1 aliphatic carbocycles. The molecule has 3 unspecified atom stereocenters. The second-order valence-electron chi connectivity index (χ2n) is 5.31. The van der Waals surface area contributed by atoms with Gasteiger partial charge in [0.2, 0.25) is 0 Å². The summed E-state index contributed by atoms with van der Waals surface area (Å²) in [6, 6.07) is 0.676. The first-order valence-corrected chi connectivity index (χ1v) is 6.76. The Morgan fingerprint density at radius 1 is 1.47 bits per heavy atom. The largest absolute Gasteiger partial charge is 0.481 e. The van der Waals surface area contributed by atoms with Crippen molar-refractivity contribution in [3.8, 4) is 0 Å². The molecule has 2 aliphatic rings. The Morgan fingerprint density at radius 3 is 2.94 bits per heavy atom. The van der Waals surface area contributed by atoms with E-state index in [2.05, 4.69) is 11.8 Å². The number of hydrogen-bond donors (Lipinski definition) is 1. The van der Waals surface area contributed by atoms with Crippen LogP contribution in [0.4, 0.5) is 0 Å². The lowest BCUT2D eigenvalue weighted by atomic mass is 10.0. The number of carboxylic acids is 1. The minimum atomic E-state index is -0.712. The Labute approximate surface area is 103 Å². The molecular formula is C13H23NO3. The molecule has 0 amide bonds. The lowest BCUT2D eigenvalue weighted by Gasteiger charge is -2.39. The Kier molecular flexibility index (Phi) is 4.40. The number of ether oxygens (including phenoxy) is 1. The molecule has 0 spiro atoms. The van der Waals surface area contributed by atoms with Gasteiger partial charge in [0.25, 0.3) is 0 Å². The highest BCUT2D eigenvalue weighted by Crippen LogP contribution is 2.33. The van der Waals surface area contributed by atoms with Gasteiger partial charge in [0.05, 0.1) is 19.6 Å². The van der Waals surface area contributed by atoms with E-state index in [1.165, 1.54) is 25.7 Å². The van der Waals surface area contributed by atoms with E-state index in [1.807, 2.05) is 0 Å². The van der Waals surface area contributed by atoms with Gasteiger partial charge in [-0.3, -0.25) is 9.69 Å². The fourth-order valence-electron chi connectivity index (χ4n) is 3.25. The van der Waals surface area contributed by atoms with Crippen molar-refractivity contribution in [2.24, 2.45) is 5.92 Å². The third kappa shape index (κ3) is 3.19. The van der Waals surface area contributed by atoms with Crippen molar-refractivity contribution < 1.29 is 14.6 Å². The molecule has 4 heteroatoms. The maximum atomic E-state index is 10.9. The molecule has 98 valence electrons. The molecule has 1 saturated carbocycles. The van der Waals surface area contributed by atoms with Gasteiger partial charge in [-0.15, -0.1) is 0 Å². The highest BCUT2D eigenvalue weighted by molar-refractivity contribution is 5.67. The number of aliphatic carboxylic acids is 1. The highest BCUT2D eigenvalue weighted by Gasteiger charge is 2.34. The van der Waals surface area contributed by atoms with Crippen LogP contribution in [-0.2, 0) is 9.53 Å². The summed E-state index contributed by atoms with van der Waals surface area (Å²) in [5.74, 6) is 0.129. The molecule has 3 atom stereocenters. The molecule has 1 saturated heterocycles. The molecule has 0 aromatic rings. The van der Waals surface area contributed by atoms with E-state index >= 15 is 0 Å². The van der Waals surface area contributed by atoms with Crippen LogP contribution in [0.5, 0.6) is 0 Å². The van der Waals surface area contributed by atoms with Crippen molar-refractivity contribution >= 4 is 5.97 Å². The van der Waals surface area contributed by atoms with E-state index in [-0.39, 0.29) is 12.5 Å². The Balaban J connectivity index is 1.94. The average molecular weight is 241 g/mol. The number of hydrogen-bond acceptors (Lipinski definition) is 3. The second kappa shape index (κ2) is 5.83. The van der Waals surface area contributed by atoms with Crippen LogP contribution in [0.15, 0.2) is 0 Å². The topological polar surface area (TPSA) is 49.8 Å². The zero-order valence-electron chi connectivity index (χ0n) is 10.6. The fraction of sp³-hybridized carbons (Fsp3) is 0.923. The molecule has 0 bridgehead atoms. The van der Waals surface area contributed by atoms with E-state index < -0.39 is 5.97 Å². The first-order chi connectivity index (χ1) is 8.20.